The van der Waals surface area contributed by atoms with Gasteiger partial charge >= 0.3 is 12.1 Å². The number of carbonyl (C=O) groups is 2. The molecule has 4 N–H and O–H groups in total. The number of aliphatic hydroxyl groups is 1. The van der Waals surface area contributed by atoms with Crippen LogP contribution in [0.15, 0.2) is 18.2 Å². The van der Waals surface area contributed by atoms with E-state index in [1.165, 1.54) is 13.2 Å². The quantitative estimate of drug-likeness (QED) is 0.340. The molecule has 0 aromatic heterocycles. The fraction of sp³-hybridized carbons (Fsp3) is 0.692. The zero-order valence-corrected chi connectivity index (χ0v) is 22.9. The molecule has 0 radical (unpaired) electrons. The summed E-state index contributed by atoms with van der Waals surface area (Å²) < 4.78 is 19.7. The molecular formula is C26H42ClFN4O4. The summed E-state index contributed by atoms with van der Waals surface area (Å²) in [6, 6.07) is 4.36. The van der Waals surface area contributed by atoms with Crippen LogP contribution in [0.3, 0.4) is 0 Å². The van der Waals surface area contributed by atoms with E-state index in [0.29, 0.717) is 32.4 Å². The van der Waals surface area contributed by atoms with Gasteiger partial charge in [0, 0.05) is 43.7 Å². The summed E-state index contributed by atoms with van der Waals surface area (Å²) in [5.74, 6) is -1.07. The summed E-state index contributed by atoms with van der Waals surface area (Å²) >= 11 is 6.06. The standard InChI is InChI=1S/C26H42ClFN4O4/c1-25(2,3)15-19(16-29-4)31-23(33)32-14-7-9-18(17-32)26(35,12-8-13-30-24(34)36-5)20-10-6-11-21(27)22(20)28/h6,10-11,18-19,29,35H,7-9,12-17H2,1-5H3,(H,30,34)(H,31,33)/t18-,19+,26+/m1/s1. The van der Waals surface area contributed by atoms with Crippen molar-refractivity contribution in [2.75, 3.05) is 40.3 Å². The molecule has 10 heteroatoms. The first-order valence-electron chi connectivity index (χ1n) is 12.6. The molecule has 0 bridgehead atoms. The van der Waals surface area contributed by atoms with Crippen LogP contribution < -0.4 is 16.0 Å². The van der Waals surface area contributed by atoms with E-state index in [9.17, 15) is 14.7 Å². The summed E-state index contributed by atoms with van der Waals surface area (Å²) in [7, 11) is 3.13. The number of nitrogens with zero attached hydrogens (tertiary/aromatic N) is 1. The van der Waals surface area contributed by atoms with E-state index in [1.54, 1.807) is 17.0 Å². The molecule has 3 atom stereocenters. The highest BCUT2D eigenvalue weighted by molar-refractivity contribution is 6.30. The number of rotatable bonds is 10. The number of hydrogen-bond acceptors (Lipinski definition) is 5. The summed E-state index contributed by atoms with van der Waals surface area (Å²) in [4.78, 5) is 26.3. The average Bonchev–Trinajstić information content (AvgIpc) is 2.82. The Balaban J connectivity index is 2.22. The first-order valence-corrected chi connectivity index (χ1v) is 13.0. The number of hydrogen-bond donors (Lipinski definition) is 4. The number of carbonyl (C=O) groups excluding carboxylic acids is 2. The van der Waals surface area contributed by atoms with E-state index in [1.807, 2.05) is 7.05 Å². The van der Waals surface area contributed by atoms with Crippen molar-refractivity contribution in [3.05, 3.63) is 34.6 Å². The van der Waals surface area contributed by atoms with Gasteiger partial charge in [-0.15, -0.1) is 0 Å². The van der Waals surface area contributed by atoms with Crippen LogP contribution in [0, 0.1) is 17.2 Å². The second-order valence-electron chi connectivity index (χ2n) is 10.8. The monoisotopic (exact) mass is 528 g/mol. The largest absolute Gasteiger partial charge is 0.453 e. The van der Waals surface area contributed by atoms with Gasteiger partial charge in [0.15, 0.2) is 0 Å². The molecule has 0 saturated carbocycles. The van der Waals surface area contributed by atoms with Gasteiger partial charge in [0.2, 0.25) is 0 Å². The molecule has 8 nitrogen and oxygen atoms in total. The molecule has 1 aromatic carbocycles. The van der Waals surface area contributed by atoms with Crippen molar-refractivity contribution in [2.24, 2.45) is 11.3 Å². The van der Waals surface area contributed by atoms with Gasteiger partial charge in [0.25, 0.3) is 0 Å². The van der Waals surface area contributed by atoms with Crippen LogP contribution in [-0.4, -0.2) is 68.5 Å². The molecule has 36 heavy (non-hydrogen) atoms. The Morgan fingerprint density at radius 3 is 2.69 bits per heavy atom. The molecule has 0 unspecified atom stereocenters. The number of benzene rings is 1. The molecule has 0 aliphatic carbocycles. The number of likely N-dealkylation sites (N-methyl/N-ethyl adjacent to an activating group) is 1. The second-order valence-corrected chi connectivity index (χ2v) is 11.2. The van der Waals surface area contributed by atoms with Crippen molar-refractivity contribution in [1.29, 1.82) is 0 Å². The Morgan fingerprint density at radius 2 is 2.06 bits per heavy atom. The Labute approximate surface area is 219 Å². The maximum Gasteiger partial charge on any atom is 0.406 e. The number of likely N-dealkylation sites (tertiary alicyclic amines) is 1. The molecule has 1 aliphatic rings. The van der Waals surface area contributed by atoms with E-state index in [4.69, 9.17) is 11.6 Å². The predicted molar refractivity (Wildman–Crippen MR) is 140 cm³/mol. The second kappa shape index (κ2) is 13.4. The number of methoxy groups -OCH3 is 1. The lowest BCUT2D eigenvalue weighted by Gasteiger charge is -2.43. The van der Waals surface area contributed by atoms with Crippen LogP contribution in [0.4, 0.5) is 14.0 Å². The first kappa shape index (κ1) is 30.1. The van der Waals surface area contributed by atoms with Crippen molar-refractivity contribution in [3.8, 4) is 0 Å². The van der Waals surface area contributed by atoms with Gasteiger partial charge in [0.1, 0.15) is 5.82 Å². The SMILES string of the molecule is CNC[C@H](CC(C)(C)C)NC(=O)N1CCC[C@@H]([C@@](O)(CCCNC(=O)OC)c2cccc(Cl)c2F)C1. The van der Waals surface area contributed by atoms with Crippen molar-refractivity contribution in [3.63, 3.8) is 0 Å². The Kier molecular flexibility index (Phi) is 11.3. The molecule has 1 fully saturated rings. The maximum atomic E-state index is 15.1. The zero-order valence-electron chi connectivity index (χ0n) is 22.1. The van der Waals surface area contributed by atoms with Crippen molar-refractivity contribution < 1.29 is 23.8 Å². The number of amides is 3. The Bertz CT molecular complexity index is 882. The van der Waals surface area contributed by atoms with Crippen LogP contribution in [0.25, 0.3) is 0 Å². The summed E-state index contributed by atoms with van der Waals surface area (Å²) in [5, 5.41) is 20.7. The van der Waals surface area contributed by atoms with Crippen LogP contribution in [0.5, 0.6) is 0 Å². The highest BCUT2D eigenvalue weighted by Crippen LogP contribution is 2.41. The number of alkyl carbamates (subject to hydrolysis) is 1. The van der Waals surface area contributed by atoms with Gasteiger partial charge < -0.3 is 30.7 Å². The number of nitrogens with one attached hydrogen (secondary N) is 3. The minimum absolute atomic E-state index is 0.0435. The molecular weight excluding hydrogens is 487 g/mol. The molecule has 3 amide bonds. The molecule has 1 aromatic rings. The number of urea groups is 1. The van der Waals surface area contributed by atoms with E-state index in [2.05, 4.69) is 41.5 Å². The molecule has 1 heterocycles. The van der Waals surface area contributed by atoms with E-state index in [-0.39, 0.29) is 47.6 Å². The van der Waals surface area contributed by atoms with Gasteiger partial charge in [-0.2, -0.15) is 0 Å². The fourth-order valence-corrected chi connectivity index (χ4v) is 5.17. The van der Waals surface area contributed by atoms with Crippen molar-refractivity contribution >= 4 is 23.7 Å². The van der Waals surface area contributed by atoms with Gasteiger partial charge in [-0.1, -0.05) is 44.5 Å². The lowest BCUT2D eigenvalue weighted by molar-refractivity contribution is -0.0576. The number of halogens is 2. The summed E-state index contributed by atoms with van der Waals surface area (Å²) in [6.07, 6.45) is 2.11. The van der Waals surface area contributed by atoms with Crippen molar-refractivity contribution in [1.82, 2.24) is 20.9 Å². The average molecular weight is 529 g/mol. The van der Waals surface area contributed by atoms with Gasteiger partial charge in [0.05, 0.1) is 17.7 Å². The smallest absolute Gasteiger partial charge is 0.406 e. The maximum absolute atomic E-state index is 15.1. The lowest BCUT2D eigenvalue weighted by atomic mass is 9.74. The van der Waals surface area contributed by atoms with Crippen molar-refractivity contribution in [2.45, 2.75) is 64.5 Å². The third-order valence-corrected chi connectivity index (χ3v) is 6.92. The summed E-state index contributed by atoms with van der Waals surface area (Å²) in [5.41, 5.74) is -1.41. The highest BCUT2D eigenvalue weighted by atomic mass is 35.5. The minimum Gasteiger partial charge on any atom is -0.453 e. The topological polar surface area (TPSA) is 103 Å². The Morgan fingerprint density at radius 1 is 1.33 bits per heavy atom. The highest BCUT2D eigenvalue weighted by Gasteiger charge is 2.43. The van der Waals surface area contributed by atoms with Gasteiger partial charge in [-0.05, 0) is 50.6 Å². The molecule has 1 aliphatic heterocycles. The molecule has 0 spiro atoms. The number of ether oxygens (including phenoxy) is 1. The lowest BCUT2D eigenvalue weighted by Crippen LogP contribution is -2.54. The van der Waals surface area contributed by atoms with Crippen LogP contribution in [0.2, 0.25) is 5.02 Å². The number of piperidine rings is 1. The van der Waals surface area contributed by atoms with Crippen LogP contribution in [-0.2, 0) is 10.3 Å². The third kappa shape index (κ3) is 8.49. The minimum atomic E-state index is -1.57. The van der Waals surface area contributed by atoms with E-state index >= 15 is 4.39 Å². The van der Waals surface area contributed by atoms with Crippen LogP contribution in [0.1, 0.15) is 58.4 Å². The predicted octanol–water partition coefficient (Wildman–Crippen LogP) is 4.25. The van der Waals surface area contributed by atoms with E-state index < -0.39 is 23.4 Å². The summed E-state index contributed by atoms with van der Waals surface area (Å²) in [6.45, 7) is 8.13. The third-order valence-electron chi connectivity index (χ3n) is 6.63. The van der Waals surface area contributed by atoms with Crippen LogP contribution >= 0.6 is 11.6 Å². The fourth-order valence-electron chi connectivity index (χ4n) is 4.99. The molecule has 204 valence electrons. The van der Waals surface area contributed by atoms with E-state index in [0.717, 1.165) is 6.42 Å². The normalized spacial score (nSPS) is 18.8. The van der Waals surface area contributed by atoms with Gasteiger partial charge in [-0.25, -0.2) is 14.0 Å². The first-order chi connectivity index (χ1) is 16.9. The molecule has 2 rings (SSSR count). The Hall–Kier alpha value is -2.10. The zero-order chi connectivity index (χ0) is 26.9. The van der Waals surface area contributed by atoms with Gasteiger partial charge in [-0.3, -0.25) is 0 Å². The molecule has 1 saturated heterocycles.